The van der Waals surface area contributed by atoms with E-state index < -0.39 is 0 Å². The van der Waals surface area contributed by atoms with Crippen LogP contribution in [0.25, 0.3) is 0 Å². The maximum atomic E-state index is 11.9. The molecule has 0 atom stereocenters. The van der Waals surface area contributed by atoms with E-state index in [9.17, 15) is 4.79 Å². The molecule has 0 aliphatic rings. The average molecular weight is 368 g/mol. The summed E-state index contributed by atoms with van der Waals surface area (Å²) in [6.45, 7) is 6.60. The maximum absolute atomic E-state index is 11.9. The highest BCUT2D eigenvalue weighted by atomic mass is 16.5. The van der Waals surface area contributed by atoms with Crippen LogP contribution in [0.5, 0.6) is 11.5 Å². The summed E-state index contributed by atoms with van der Waals surface area (Å²) in [5, 5.41) is 9.10. The summed E-state index contributed by atoms with van der Waals surface area (Å²) in [7, 11) is 1.67. The summed E-state index contributed by atoms with van der Waals surface area (Å²) < 4.78 is 5.78. The number of guanidine groups is 1. The number of rotatable bonds is 6. The van der Waals surface area contributed by atoms with Gasteiger partial charge in [-0.25, -0.2) is 0 Å². The lowest BCUT2D eigenvalue weighted by atomic mass is 10.1. The van der Waals surface area contributed by atoms with Crippen molar-refractivity contribution in [1.82, 2.24) is 16.0 Å². The lowest BCUT2D eigenvalue weighted by Gasteiger charge is -2.21. The smallest absolute Gasteiger partial charge is 0.239 e. The number of benzene rings is 2. The number of hydrogen-bond acceptors (Lipinski definition) is 3. The summed E-state index contributed by atoms with van der Waals surface area (Å²) in [6, 6.07) is 17.5. The number of aliphatic imine (C=N–C) groups is 1. The summed E-state index contributed by atoms with van der Waals surface area (Å²) in [5.74, 6) is 2.09. The van der Waals surface area contributed by atoms with Crippen LogP contribution in [0.3, 0.4) is 0 Å². The van der Waals surface area contributed by atoms with E-state index in [2.05, 4.69) is 20.9 Å². The molecule has 0 aliphatic carbocycles. The number of carbonyl (C=O) groups is 1. The Labute approximate surface area is 161 Å². The predicted octanol–water partition coefficient (Wildman–Crippen LogP) is 3.06. The monoisotopic (exact) mass is 368 g/mol. The van der Waals surface area contributed by atoms with E-state index in [1.165, 1.54) is 0 Å². The van der Waals surface area contributed by atoms with Gasteiger partial charge >= 0.3 is 0 Å². The fourth-order valence-corrected chi connectivity index (χ4v) is 2.33. The molecule has 2 aromatic rings. The van der Waals surface area contributed by atoms with Gasteiger partial charge in [0.15, 0.2) is 5.96 Å². The zero-order chi connectivity index (χ0) is 19.7. The number of amides is 1. The third kappa shape index (κ3) is 7.81. The summed E-state index contributed by atoms with van der Waals surface area (Å²) in [4.78, 5) is 16.0. The van der Waals surface area contributed by atoms with Crippen LogP contribution in [0.2, 0.25) is 0 Å². The molecule has 2 aromatic carbocycles. The number of ether oxygens (including phenoxy) is 1. The second-order valence-electron chi connectivity index (χ2n) is 7.14. The Morgan fingerprint density at radius 1 is 0.963 bits per heavy atom. The molecule has 0 aromatic heterocycles. The molecule has 0 aliphatic heterocycles. The zero-order valence-corrected chi connectivity index (χ0v) is 16.4. The van der Waals surface area contributed by atoms with Gasteiger partial charge in [0.05, 0.1) is 6.54 Å². The SMILES string of the molecule is CN=C(NCC(=O)NC(C)(C)C)NCc1ccc(Oc2ccccc2)cc1. The average Bonchev–Trinajstić information content (AvgIpc) is 2.62. The van der Waals surface area contributed by atoms with Gasteiger partial charge < -0.3 is 20.7 Å². The van der Waals surface area contributed by atoms with Gasteiger partial charge in [0, 0.05) is 19.1 Å². The van der Waals surface area contributed by atoms with Gasteiger partial charge in [-0.05, 0) is 50.6 Å². The van der Waals surface area contributed by atoms with Gasteiger partial charge in [-0.3, -0.25) is 9.79 Å². The van der Waals surface area contributed by atoms with Gasteiger partial charge in [0.2, 0.25) is 5.91 Å². The molecule has 0 saturated heterocycles. The first kappa shape index (κ1) is 20.3. The lowest BCUT2D eigenvalue weighted by molar-refractivity contribution is -0.121. The number of hydrogen-bond donors (Lipinski definition) is 3. The van der Waals surface area contributed by atoms with E-state index in [4.69, 9.17) is 4.74 Å². The van der Waals surface area contributed by atoms with Crippen molar-refractivity contribution in [2.24, 2.45) is 4.99 Å². The van der Waals surface area contributed by atoms with Gasteiger partial charge in [0.1, 0.15) is 11.5 Å². The van der Waals surface area contributed by atoms with Crippen molar-refractivity contribution in [3.63, 3.8) is 0 Å². The van der Waals surface area contributed by atoms with Crippen molar-refractivity contribution in [1.29, 1.82) is 0 Å². The minimum Gasteiger partial charge on any atom is -0.457 e. The number of carbonyl (C=O) groups excluding carboxylic acids is 1. The number of nitrogens with zero attached hydrogens (tertiary/aromatic N) is 1. The molecule has 1 amide bonds. The van der Waals surface area contributed by atoms with Gasteiger partial charge in [0.25, 0.3) is 0 Å². The Morgan fingerprint density at radius 3 is 2.19 bits per heavy atom. The van der Waals surface area contributed by atoms with Crippen molar-refractivity contribution in [3.8, 4) is 11.5 Å². The Kier molecular flexibility index (Phi) is 7.23. The van der Waals surface area contributed by atoms with E-state index >= 15 is 0 Å². The molecule has 0 bridgehead atoms. The molecular weight excluding hydrogens is 340 g/mol. The minimum atomic E-state index is -0.251. The number of para-hydroxylation sites is 1. The third-order valence-electron chi connectivity index (χ3n) is 3.52. The van der Waals surface area contributed by atoms with E-state index in [-0.39, 0.29) is 18.0 Å². The molecule has 6 heteroatoms. The Hall–Kier alpha value is -3.02. The first-order valence-electron chi connectivity index (χ1n) is 8.93. The van der Waals surface area contributed by atoms with Crippen LogP contribution >= 0.6 is 0 Å². The van der Waals surface area contributed by atoms with Crippen LogP contribution in [-0.4, -0.2) is 31.0 Å². The Bertz CT molecular complexity index is 750. The van der Waals surface area contributed by atoms with Crippen LogP contribution < -0.4 is 20.7 Å². The highest BCUT2D eigenvalue weighted by molar-refractivity contribution is 5.86. The van der Waals surface area contributed by atoms with Crippen LogP contribution in [0, 0.1) is 0 Å². The molecule has 2 rings (SSSR count). The normalized spacial score (nSPS) is 11.6. The second-order valence-corrected chi connectivity index (χ2v) is 7.14. The zero-order valence-electron chi connectivity index (χ0n) is 16.4. The predicted molar refractivity (Wildman–Crippen MR) is 109 cm³/mol. The van der Waals surface area contributed by atoms with Gasteiger partial charge in [-0.1, -0.05) is 30.3 Å². The molecule has 0 saturated carbocycles. The van der Waals surface area contributed by atoms with Crippen LogP contribution in [-0.2, 0) is 11.3 Å². The van der Waals surface area contributed by atoms with Crippen molar-refractivity contribution < 1.29 is 9.53 Å². The fourth-order valence-electron chi connectivity index (χ4n) is 2.33. The molecule has 0 unspecified atom stereocenters. The van der Waals surface area contributed by atoms with Crippen LogP contribution in [0.1, 0.15) is 26.3 Å². The molecule has 3 N–H and O–H groups in total. The van der Waals surface area contributed by atoms with Crippen LogP contribution in [0.4, 0.5) is 0 Å². The lowest BCUT2D eigenvalue weighted by Crippen LogP contribution is -2.48. The minimum absolute atomic E-state index is 0.0761. The molecule has 0 spiro atoms. The molecule has 6 nitrogen and oxygen atoms in total. The topological polar surface area (TPSA) is 74.8 Å². The standard InChI is InChI=1S/C21H28N4O2/c1-21(2,3)25-19(26)15-24-20(22-4)23-14-16-10-12-18(13-11-16)27-17-8-6-5-7-9-17/h5-13H,14-15H2,1-4H3,(H,25,26)(H2,22,23,24). The maximum Gasteiger partial charge on any atom is 0.239 e. The first-order valence-corrected chi connectivity index (χ1v) is 8.93. The van der Waals surface area contributed by atoms with E-state index in [1.807, 2.05) is 75.4 Å². The third-order valence-corrected chi connectivity index (χ3v) is 3.52. The molecule has 0 radical (unpaired) electrons. The highest BCUT2D eigenvalue weighted by Gasteiger charge is 2.13. The molecule has 27 heavy (non-hydrogen) atoms. The van der Waals surface area contributed by atoms with E-state index in [1.54, 1.807) is 7.05 Å². The number of nitrogens with one attached hydrogen (secondary N) is 3. The second kappa shape index (κ2) is 9.62. The van der Waals surface area contributed by atoms with E-state index in [0.717, 1.165) is 17.1 Å². The summed E-state index contributed by atoms with van der Waals surface area (Å²) in [6.07, 6.45) is 0. The van der Waals surface area contributed by atoms with Crippen LogP contribution in [0.15, 0.2) is 59.6 Å². The van der Waals surface area contributed by atoms with Crippen molar-refractivity contribution >= 4 is 11.9 Å². The largest absolute Gasteiger partial charge is 0.457 e. The first-order chi connectivity index (χ1) is 12.9. The molecular formula is C21H28N4O2. The molecule has 0 heterocycles. The highest BCUT2D eigenvalue weighted by Crippen LogP contribution is 2.20. The quantitative estimate of drug-likeness (QED) is 0.541. The summed E-state index contributed by atoms with van der Waals surface area (Å²) >= 11 is 0. The Morgan fingerprint density at radius 2 is 1.59 bits per heavy atom. The van der Waals surface area contributed by atoms with Crippen molar-refractivity contribution in [3.05, 3.63) is 60.2 Å². The van der Waals surface area contributed by atoms with Gasteiger partial charge in [-0.15, -0.1) is 0 Å². The van der Waals surface area contributed by atoms with E-state index in [0.29, 0.717) is 12.5 Å². The van der Waals surface area contributed by atoms with Gasteiger partial charge in [-0.2, -0.15) is 0 Å². The van der Waals surface area contributed by atoms with Crippen molar-refractivity contribution in [2.45, 2.75) is 32.9 Å². The fraction of sp³-hybridized carbons (Fsp3) is 0.333. The Balaban J connectivity index is 1.80. The molecule has 144 valence electrons. The summed E-state index contributed by atoms with van der Waals surface area (Å²) in [5.41, 5.74) is 0.830. The van der Waals surface area contributed by atoms with Crippen molar-refractivity contribution in [2.75, 3.05) is 13.6 Å². The molecule has 0 fully saturated rings.